The summed E-state index contributed by atoms with van der Waals surface area (Å²) in [5, 5.41) is 26.2. The Kier molecular flexibility index (Phi) is 12.9. The van der Waals surface area contributed by atoms with Crippen molar-refractivity contribution in [1.29, 1.82) is 0 Å². The Labute approximate surface area is 288 Å². The molecule has 1 aromatic heterocycles. The summed E-state index contributed by atoms with van der Waals surface area (Å²) in [6.07, 6.45) is 9.04. The molecule has 3 aliphatic rings. The van der Waals surface area contributed by atoms with Crippen LogP contribution >= 0.6 is 0 Å². The van der Waals surface area contributed by atoms with Crippen molar-refractivity contribution in [2.24, 2.45) is 17.8 Å². The van der Waals surface area contributed by atoms with E-state index in [1.165, 1.54) is 17.4 Å². The largest absolute Gasteiger partial charge is 0.390 e. The second kappa shape index (κ2) is 17.1. The van der Waals surface area contributed by atoms with Crippen LogP contribution in [0.15, 0.2) is 42.9 Å². The molecule has 2 saturated carbocycles. The third-order valence-electron chi connectivity index (χ3n) is 10.1. The standard InChI is InChI=1S/C35H51N5O8S/c1-49(46,47)32(35(45)40-14-16-48-17-15-40)27(18-23-8-4-2-5-9-23)33(43)39-29(20-26-21-36-22-37-26)34(44)38-28(19-24-10-6-3-7-11-24)31(42)30(41)25-12-13-25/h2,4-5,8-9,21-22,24-25,27-32,41-42H,3,6-7,10-20H2,1H3,(H,36,37)(H,38,44)(H,39,43)/t27?,28-,29-,30-,31+,32-/m0/s1. The van der Waals surface area contributed by atoms with E-state index in [-0.39, 0.29) is 51.0 Å². The average molecular weight is 702 g/mol. The van der Waals surface area contributed by atoms with E-state index < -0.39 is 63.0 Å². The van der Waals surface area contributed by atoms with Gasteiger partial charge in [-0.2, -0.15) is 0 Å². The number of H-pyrrole nitrogens is 1. The van der Waals surface area contributed by atoms with Crippen LogP contribution in [0.25, 0.3) is 0 Å². The molecule has 6 atom stereocenters. The molecule has 49 heavy (non-hydrogen) atoms. The van der Waals surface area contributed by atoms with Gasteiger partial charge in [-0.25, -0.2) is 13.4 Å². The molecule has 14 heteroatoms. The van der Waals surface area contributed by atoms with Crippen LogP contribution in [0.3, 0.4) is 0 Å². The van der Waals surface area contributed by atoms with Crippen molar-refractivity contribution in [2.75, 3.05) is 32.6 Å². The van der Waals surface area contributed by atoms with Crippen molar-refractivity contribution < 1.29 is 37.8 Å². The summed E-state index contributed by atoms with van der Waals surface area (Å²) in [7, 11) is -4.11. The minimum Gasteiger partial charge on any atom is -0.390 e. The Balaban J connectivity index is 1.42. The maximum Gasteiger partial charge on any atom is 0.243 e. The Bertz CT molecular complexity index is 1470. The van der Waals surface area contributed by atoms with E-state index >= 15 is 0 Å². The van der Waals surface area contributed by atoms with Crippen LogP contribution < -0.4 is 10.6 Å². The number of morpholine rings is 1. The molecule has 13 nitrogen and oxygen atoms in total. The van der Waals surface area contributed by atoms with Crippen molar-refractivity contribution in [1.82, 2.24) is 25.5 Å². The van der Waals surface area contributed by atoms with E-state index in [1.807, 2.05) is 0 Å². The van der Waals surface area contributed by atoms with Gasteiger partial charge in [-0.1, -0.05) is 62.4 Å². The van der Waals surface area contributed by atoms with Crippen LogP contribution in [0.4, 0.5) is 0 Å². The first-order valence-corrected chi connectivity index (χ1v) is 19.5. The molecule has 5 rings (SSSR count). The summed E-state index contributed by atoms with van der Waals surface area (Å²) >= 11 is 0. The predicted octanol–water partition coefficient (Wildman–Crippen LogP) is 1.15. The van der Waals surface area contributed by atoms with Crippen LogP contribution in [0.5, 0.6) is 0 Å². The lowest BCUT2D eigenvalue weighted by Crippen LogP contribution is -2.58. The number of carbonyl (C=O) groups is 3. The summed E-state index contributed by atoms with van der Waals surface area (Å²) in [6.45, 7) is 0.917. The Morgan fingerprint density at radius 2 is 1.67 bits per heavy atom. The molecule has 0 bridgehead atoms. The van der Waals surface area contributed by atoms with Crippen LogP contribution in [0.1, 0.15) is 62.6 Å². The minimum absolute atomic E-state index is 0.00595. The quantitative estimate of drug-likeness (QED) is 0.171. The molecule has 0 spiro atoms. The number of amides is 3. The topological polar surface area (TPSA) is 191 Å². The smallest absolute Gasteiger partial charge is 0.243 e. The molecule has 3 fully saturated rings. The number of aliphatic hydroxyl groups is 2. The fourth-order valence-electron chi connectivity index (χ4n) is 7.23. The number of rotatable bonds is 16. The number of imidazole rings is 1. The van der Waals surface area contributed by atoms with Gasteiger partial charge in [0.2, 0.25) is 17.7 Å². The van der Waals surface area contributed by atoms with Crippen molar-refractivity contribution in [2.45, 2.75) is 93.7 Å². The van der Waals surface area contributed by atoms with Gasteiger partial charge in [-0.15, -0.1) is 0 Å². The summed E-state index contributed by atoms with van der Waals surface area (Å²) in [5.74, 6) is -3.12. The normalized spacial score (nSPS) is 21.2. The minimum atomic E-state index is -4.11. The highest BCUT2D eigenvalue weighted by Gasteiger charge is 2.45. The molecule has 2 aliphatic carbocycles. The number of benzene rings is 1. The summed E-state index contributed by atoms with van der Waals surface area (Å²) in [4.78, 5) is 50.8. The Morgan fingerprint density at radius 3 is 2.29 bits per heavy atom. The summed E-state index contributed by atoms with van der Waals surface area (Å²) in [5.41, 5.74) is 1.21. The zero-order valence-electron chi connectivity index (χ0n) is 28.2. The first kappa shape index (κ1) is 36.9. The number of hydrogen-bond acceptors (Lipinski definition) is 9. The maximum atomic E-state index is 14.3. The fraction of sp³-hybridized carbons (Fsp3) is 0.657. The number of hydrogen-bond donors (Lipinski definition) is 5. The molecular formula is C35H51N5O8S. The Hall–Kier alpha value is -3.33. The number of aromatic nitrogens is 2. The third-order valence-corrected chi connectivity index (χ3v) is 11.6. The van der Waals surface area contributed by atoms with Gasteiger partial charge in [-0.05, 0) is 43.1 Å². The Morgan fingerprint density at radius 1 is 0.980 bits per heavy atom. The number of sulfone groups is 1. The molecule has 1 aromatic carbocycles. The molecule has 2 heterocycles. The number of aliphatic hydroxyl groups excluding tert-OH is 2. The lowest BCUT2D eigenvalue weighted by Gasteiger charge is -2.34. The highest BCUT2D eigenvalue weighted by Crippen LogP contribution is 2.36. The van der Waals surface area contributed by atoms with Gasteiger partial charge in [0.1, 0.15) is 12.1 Å². The number of nitrogens with one attached hydrogen (secondary N) is 3. The van der Waals surface area contributed by atoms with Gasteiger partial charge >= 0.3 is 0 Å². The zero-order chi connectivity index (χ0) is 35.0. The summed E-state index contributed by atoms with van der Waals surface area (Å²) in [6, 6.07) is 6.90. The number of carbonyl (C=O) groups excluding carboxylic acids is 3. The van der Waals surface area contributed by atoms with E-state index in [1.54, 1.807) is 30.3 Å². The second-order valence-electron chi connectivity index (χ2n) is 14.0. The molecular weight excluding hydrogens is 650 g/mol. The van der Waals surface area contributed by atoms with Crippen molar-refractivity contribution >= 4 is 27.6 Å². The number of ether oxygens (including phenoxy) is 1. The van der Waals surface area contributed by atoms with Gasteiger partial charge in [-0.3, -0.25) is 14.4 Å². The van der Waals surface area contributed by atoms with E-state index in [4.69, 9.17) is 4.74 Å². The van der Waals surface area contributed by atoms with Crippen molar-refractivity contribution in [3.8, 4) is 0 Å². The molecule has 270 valence electrons. The molecule has 5 N–H and O–H groups in total. The van der Waals surface area contributed by atoms with E-state index in [2.05, 4.69) is 20.6 Å². The lowest BCUT2D eigenvalue weighted by molar-refractivity contribution is -0.139. The highest BCUT2D eigenvalue weighted by atomic mass is 32.2. The first-order chi connectivity index (χ1) is 23.5. The van der Waals surface area contributed by atoms with E-state index in [9.17, 15) is 33.0 Å². The first-order valence-electron chi connectivity index (χ1n) is 17.5. The van der Waals surface area contributed by atoms with Gasteiger partial charge in [0, 0.05) is 37.7 Å². The maximum absolute atomic E-state index is 14.3. The van der Waals surface area contributed by atoms with E-state index in [0.717, 1.165) is 51.2 Å². The number of nitrogens with zero attached hydrogens (tertiary/aromatic N) is 2. The highest BCUT2D eigenvalue weighted by molar-refractivity contribution is 7.92. The van der Waals surface area contributed by atoms with Crippen molar-refractivity contribution in [3.05, 3.63) is 54.1 Å². The van der Waals surface area contributed by atoms with Crippen LogP contribution in [-0.2, 0) is 41.8 Å². The molecule has 1 unspecified atom stereocenters. The van der Waals surface area contributed by atoms with Gasteiger partial charge in [0.05, 0.1) is 37.6 Å². The summed E-state index contributed by atoms with van der Waals surface area (Å²) < 4.78 is 32.1. The zero-order valence-corrected chi connectivity index (χ0v) is 29.0. The molecule has 2 aromatic rings. The van der Waals surface area contributed by atoms with Crippen LogP contribution in [0, 0.1) is 17.8 Å². The number of aromatic amines is 1. The second-order valence-corrected chi connectivity index (χ2v) is 16.2. The third kappa shape index (κ3) is 10.3. The van der Waals surface area contributed by atoms with Crippen molar-refractivity contribution in [3.63, 3.8) is 0 Å². The predicted molar refractivity (Wildman–Crippen MR) is 182 cm³/mol. The molecule has 3 amide bonds. The fourth-order valence-corrected chi connectivity index (χ4v) is 8.56. The van der Waals surface area contributed by atoms with Gasteiger partial charge in [0.15, 0.2) is 15.1 Å². The monoisotopic (exact) mass is 701 g/mol. The lowest BCUT2D eigenvalue weighted by atomic mass is 9.82. The SMILES string of the molecule is CS(=O)(=O)[C@H](C(=O)N1CCOCC1)C(Cc1ccccc1)C(=O)N[C@@H](Cc1cnc[nH]1)C(=O)N[C@@H](CC1CCCCC1)[C@@H](O)[C@@H](O)C1CC1. The molecule has 1 aliphatic heterocycles. The average Bonchev–Trinajstić information content (AvgIpc) is 3.82. The van der Waals surface area contributed by atoms with Gasteiger partial charge < -0.3 is 35.5 Å². The molecule has 0 radical (unpaired) electrons. The van der Waals surface area contributed by atoms with Gasteiger partial charge in [0.25, 0.3) is 0 Å². The van der Waals surface area contributed by atoms with Crippen LogP contribution in [-0.4, -0.2) is 113 Å². The van der Waals surface area contributed by atoms with Crippen LogP contribution in [0.2, 0.25) is 0 Å². The molecule has 1 saturated heterocycles. The van der Waals surface area contributed by atoms with E-state index in [0.29, 0.717) is 17.7 Å².